The van der Waals surface area contributed by atoms with Gasteiger partial charge in [0.25, 0.3) is 0 Å². The summed E-state index contributed by atoms with van der Waals surface area (Å²) in [5, 5.41) is 11.3. The number of hydrogen-bond acceptors (Lipinski definition) is 4. The van der Waals surface area contributed by atoms with Crippen LogP contribution < -0.4 is 5.32 Å². The Morgan fingerprint density at radius 2 is 2.00 bits per heavy atom. The Hall–Kier alpha value is -1.20. The van der Waals surface area contributed by atoms with Crippen molar-refractivity contribution in [1.29, 1.82) is 0 Å². The highest BCUT2D eigenvalue weighted by molar-refractivity contribution is 7.09. The molecule has 104 valence electrons. The predicted molar refractivity (Wildman–Crippen MR) is 79.6 cm³/mol. The standard InChI is InChI=1S/C14H22N4S/c1-10-8-12(3)18(17-10)7-6-15-14(4,5)13-16-11(2)9-19-13/h8-9,15H,6-7H2,1-5H3. The van der Waals surface area contributed by atoms with Crippen molar-refractivity contribution >= 4 is 11.3 Å². The maximum absolute atomic E-state index is 4.56. The Balaban J connectivity index is 1.93. The second-order valence-corrected chi connectivity index (χ2v) is 6.35. The lowest BCUT2D eigenvalue weighted by Gasteiger charge is -2.24. The molecule has 0 aliphatic heterocycles. The van der Waals surface area contributed by atoms with Crippen LogP contribution in [0.2, 0.25) is 0 Å². The van der Waals surface area contributed by atoms with E-state index in [0.717, 1.165) is 29.5 Å². The van der Waals surface area contributed by atoms with Gasteiger partial charge in [0.2, 0.25) is 0 Å². The lowest BCUT2D eigenvalue weighted by atomic mass is 10.1. The van der Waals surface area contributed by atoms with Crippen LogP contribution in [0, 0.1) is 20.8 Å². The van der Waals surface area contributed by atoms with Crippen molar-refractivity contribution in [3.05, 3.63) is 33.5 Å². The monoisotopic (exact) mass is 278 g/mol. The first kappa shape index (κ1) is 14.2. The van der Waals surface area contributed by atoms with Crippen molar-refractivity contribution < 1.29 is 0 Å². The SMILES string of the molecule is Cc1csc(C(C)(C)NCCn2nc(C)cc2C)n1. The third-order valence-electron chi connectivity index (χ3n) is 3.15. The summed E-state index contributed by atoms with van der Waals surface area (Å²) in [6, 6.07) is 2.11. The minimum Gasteiger partial charge on any atom is -0.304 e. The Bertz CT molecular complexity index is 554. The van der Waals surface area contributed by atoms with Gasteiger partial charge in [0.1, 0.15) is 5.01 Å². The molecule has 0 saturated heterocycles. The van der Waals surface area contributed by atoms with Crippen LogP contribution in [0.4, 0.5) is 0 Å². The quantitative estimate of drug-likeness (QED) is 0.914. The fourth-order valence-corrected chi connectivity index (χ4v) is 2.99. The molecule has 2 heterocycles. The van der Waals surface area contributed by atoms with Gasteiger partial charge in [0, 0.05) is 23.3 Å². The molecule has 1 N–H and O–H groups in total. The zero-order valence-corrected chi connectivity index (χ0v) is 13.1. The van der Waals surface area contributed by atoms with E-state index in [0.29, 0.717) is 0 Å². The molecule has 0 unspecified atom stereocenters. The highest BCUT2D eigenvalue weighted by atomic mass is 32.1. The molecule has 0 saturated carbocycles. The first-order chi connectivity index (χ1) is 8.88. The van der Waals surface area contributed by atoms with Crippen LogP contribution >= 0.6 is 11.3 Å². The molecule has 0 bridgehead atoms. The average Bonchev–Trinajstić information content (AvgIpc) is 2.86. The van der Waals surface area contributed by atoms with E-state index in [1.54, 1.807) is 11.3 Å². The van der Waals surface area contributed by atoms with Gasteiger partial charge < -0.3 is 5.32 Å². The number of nitrogens with one attached hydrogen (secondary N) is 1. The third-order valence-corrected chi connectivity index (χ3v) is 4.43. The van der Waals surface area contributed by atoms with Crippen LogP contribution in [0.5, 0.6) is 0 Å². The molecule has 2 aromatic rings. The molecule has 2 rings (SSSR count). The summed E-state index contributed by atoms with van der Waals surface area (Å²) >= 11 is 1.71. The van der Waals surface area contributed by atoms with Crippen molar-refractivity contribution in [2.24, 2.45) is 0 Å². The Kier molecular flexibility index (Phi) is 4.06. The maximum atomic E-state index is 4.56. The number of nitrogens with zero attached hydrogens (tertiary/aromatic N) is 3. The van der Waals surface area contributed by atoms with Gasteiger partial charge in [-0.2, -0.15) is 5.10 Å². The highest BCUT2D eigenvalue weighted by Gasteiger charge is 2.22. The maximum Gasteiger partial charge on any atom is 0.112 e. The number of aryl methyl sites for hydroxylation is 3. The Morgan fingerprint density at radius 1 is 1.26 bits per heavy atom. The van der Waals surface area contributed by atoms with Gasteiger partial charge in [-0.1, -0.05) is 0 Å². The van der Waals surface area contributed by atoms with Gasteiger partial charge >= 0.3 is 0 Å². The number of rotatable bonds is 5. The largest absolute Gasteiger partial charge is 0.304 e. The summed E-state index contributed by atoms with van der Waals surface area (Å²) in [6.07, 6.45) is 0. The smallest absolute Gasteiger partial charge is 0.112 e. The molecule has 0 radical (unpaired) electrons. The molecule has 0 amide bonds. The first-order valence-corrected chi connectivity index (χ1v) is 7.45. The normalized spacial score (nSPS) is 12.1. The molecule has 0 aliphatic rings. The second kappa shape index (κ2) is 5.43. The van der Waals surface area contributed by atoms with Crippen molar-refractivity contribution in [2.45, 2.75) is 46.7 Å². The van der Waals surface area contributed by atoms with Gasteiger partial charge in [0.15, 0.2) is 0 Å². The Morgan fingerprint density at radius 3 is 2.53 bits per heavy atom. The number of aromatic nitrogens is 3. The van der Waals surface area contributed by atoms with E-state index >= 15 is 0 Å². The average molecular weight is 278 g/mol. The molecular formula is C14H22N4S. The molecule has 0 spiro atoms. The van der Waals surface area contributed by atoms with Crippen LogP contribution in [0.15, 0.2) is 11.4 Å². The van der Waals surface area contributed by atoms with Gasteiger partial charge in [-0.05, 0) is 40.7 Å². The molecule has 0 fully saturated rings. The van der Waals surface area contributed by atoms with E-state index in [4.69, 9.17) is 0 Å². The fourth-order valence-electron chi connectivity index (χ4n) is 2.09. The summed E-state index contributed by atoms with van der Waals surface area (Å²) < 4.78 is 2.05. The van der Waals surface area contributed by atoms with Crippen LogP contribution in [0.3, 0.4) is 0 Å². The van der Waals surface area contributed by atoms with Crippen LogP contribution in [0.1, 0.15) is 35.9 Å². The lowest BCUT2D eigenvalue weighted by molar-refractivity contribution is 0.382. The molecule has 4 nitrogen and oxygen atoms in total. The van der Waals surface area contributed by atoms with E-state index in [9.17, 15) is 0 Å². The fraction of sp³-hybridized carbons (Fsp3) is 0.571. The molecule has 0 aromatic carbocycles. The van der Waals surface area contributed by atoms with Crippen LogP contribution in [-0.4, -0.2) is 21.3 Å². The molecule has 0 atom stereocenters. The van der Waals surface area contributed by atoms with Crippen LogP contribution in [0.25, 0.3) is 0 Å². The van der Waals surface area contributed by atoms with E-state index in [-0.39, 0.29) is 5.54 Å². The number of thiazole rings is 1. The van der Waals surface area contributed by atoms with Crippen molar-refractivity contribution in [3.63, 3.8) is 0 Å². The molecule has 19 heavy (non-hydrogen) atoms. The van der Waals surface area contributed by atoms with Crippen molar-refractivity contribution in [2.75, 3.05) is 6.54 Å². The zero-order chi connectivity index (χ0) is 14.0. The molecule has 5 heteroatoms. The van der Waals surface area contributed by atoms with Crippen molar-refractivity contribution in [3.8, 4) is 0 Å². The summed E-state index contributed by atoms with van der Waals surface area (Å²) in [6.45, 7) is 12.3. The van der Waals surface area contributed by atoms with E-state index < -0.39 is 0 Å². The summed E-state index contributed by atoms with van der Waals surface area (Å²) in [7, 11) is 0. The lowest BCUT2D eigenvalue weighted by Crippen LogP contribution is -2.38. The van der Waals surface area contributed by atoms with E-state index in [1.807, 2.05) is 18.5 Å². The zero-order valence-electron chi connectivity index (χ0n) is 12.3. The summed E-state index contributed by atoms with van der Waals surface area (Å²) in [5.41, 5.74) is 3.29. The van der Waals surface area contributed by atoms with Gasteiger partial charge in [-0.25, -0.2) is 4.98 Å². The van der Waals surface area contributed by atoms with Crippen LogP contribution in [-0.2, 0) is 12.1 Å². The summed E-state index contributed by atoms with van der Waals surface area (Å²) in [4.78, 5) is 4.56. The molecular weight excluding hydrogens is 256 g/mol. The minimum absolute atomic E-state index is 0.0883. The minimum atomic E-state index is -0.0883. The second-order valence-electron chi connectivity index (χ2n) is 5.50. The van der Waals surface area contributed by atoms with Gasteiger partial charge in [0.05, 0.1) is 17.8 Å². The van der Waals surface area contributed by atoms with E-state index in [2.05, 4.69) is 47.6 Å². The Labute approximate surface area is 118 Å². The molecule has 0 aliphatic carbocycles. The topological polar surface area (TPSA) is 42.7 Å². The predicted octanol–water partition coefficient (Wildman–Crippen LogP) is 2.79. The highest BCUT2D eigenvalue weighted by Crippen LogP contribution is 2.23. The van der Waals surface area contributed by atoms with Gasteiger partial charge in [-0.15, -0.1) is 11.3 Å². The summed E-state index contributed by atoms with van der Waals surface area (Å²) in [5.74, 6) is 0. The van der Waals surface area contributed by atoms with Gasteiger partial charge in [-0.3, -0.25) is 4.68 Å². The number of hydrogen-bond donors (Lipinski definition) is 1. The third kappa shape index (κ3) is 3.42. The van der Waals surface area contributed by atoms with E-state index in [1.165, 1.54) is 5.69 Å². The van der Waals surface area contributed by atoms with Crippen molar-refractivity contribution in [1.82, 2.24) is 20.1 Å². The first-order valence-electron chi connectivity index (χ1n) is 6.57. The molecule has 2 aromatic heterocycles.